The van der Waals surface area contributed by atoms with Crippen LogP contribution in [0.3, 0.4) is 0 Å². The molecular weight excluding hydrogens is 378 g/mol. The molecule has 1 aliphatic carbocycles. The van der Waals surface area contributed by atoms with Crippen molar-refractivity contribution in [2.75, 3.05) is 0 Å². The van der Waals surface area contributed by atoms with Crippen molar-refractivity contribution in [2.45, 2.75) is 38.3 Å². The zero-order chi connectivity index (χ0) is 19.5. The number of rotatable bonds is 5. The fraction of sp³-hybridized carbons (Fsp3) is 0.350. The van der Waals surface area contributed by atoms with Crippen LogP contribution in [0.15, 0.2) is 40.8 Å². The second kappa shape index (κ2) is 8.02. The fourth-order valence-electron chi connectivity index (χ4n) is 3.45. The molecule has 3 N–H and O–H groups in total. The average molecular weight is 399 g/mol. The Morgan fingerprint density at radius 2 is 1.93 bits per heavy atom. The number of aliphatic carboxylic acids is 1. The van der Waals surface area contributed by atoms with E-state index in [1.165, 1.54) is 0 Å². The molecule has 0 bridgehead atoms. The number of urea groups is 1. The molecule has 2 aromatic heterocycles. The van der Waals surface area contributed by atoms with Gasteiger partial charge in [-0.1, -0.05) is 12.1 Å². The van der Waals surface area contributed by atoms with Gasteiger partial charge in [0.2, 0.25) is 0 Å². The van der Waals surface area contributed by atoms with E-state index >= 15 is 0 Å². The standard InChI is InChI=1S/C20H21N3O4S/c24-19(25)12-5-7-13(8-6-12)22-20(26)21-11-14-9-10-16(27-14)18-23-15-3-1-2-4-17(15)28-18/h1-4,9-10,12-13H,5-8,11H2,(H,24,25)(H2,21,22,26). The van der Waals surface area contributed by atoms with Gasteiger partial charge in [-0.2, -0.15) is 0 Å². The highest BCUT2D eigenvalue weighted by Gasteiger charge is 2.26. The van der Waals surface area contributed by atoms with Gasteiger partial charge >= 0.3 is 12.0 Å². The highest BCUT2D eigenvalue weighted by atomic mass is 32.1. The van der Waals surface area contributed by atoms with E-state index in [1.54, 1.807) is 11.3 Å². The number of furan rings is 1. The SMILES string of the molecule is O=C(NCc1ccc(-c2nc3ccccc3s2)o1)NC1CCC(C(=O)O)CC1. The molecule has 8 heteroatoms. The van der Waals surface area contributed by atoms with Crippen molar-refractivity contribution in [3.8, 4) is 10.8 Å². The van der Waals surface area contributed by atoms with Crippen LogP contribution in [0.5, 0.6) is 0 Å². The van der Waals surface area contributed by atoms with Crippen LogP contribution in [0, 0.1) is 5.92 Å². The number of hydrogen-bond donors (Lipinski definition) is 3. The van der Waals surface area contributed by atoms with Crippen molar-refractivity contribution < 1.29 is 19.1 Å². The Morgan fingerprint density at radius 1 is 1.14 bits per heavy atom. The predicted molar refractivity (Wildman–Crippen MR) is 106 cm³/mol. The number of hydrogen-bond acceptors (Lipinski definition) is 5. The number of carbonyl (C=O) groups excluding carboxylic acids is 1. The van der Waals surface area contributed by atoms with Gasteiger partial charge in [0.25, 0.3) is 0 Å². The fourth-order valence-corrected chi connectivity index (χ4v) is 4.38. The number of benzene rings is 1. The van der Waals surface area contributed by atoms with Crippen molar-refractivity contribution in [2.24, 2.45) is 5.92 Å². The monoisotopic (exact) mass is 399 g/mol. The summed E-state index contributed by atoms with van der Waals surface area (Å²) in [5, 5.41) is 15.5. The summed E-state index contributed by atoms with van der Waals surface area (Å²) in [6, 6.07) is 11.4. The lowest BCUT2D eigenvalue weighted by atomic mass is 9.86. The van der Waals surface area contributed by atoms with Crippen molar-refractivity contribution in [1.82, 2.24) is 15.6 Å². The molecule has 146 valence electrons. The lowest BCUT2D eigenvalue weighted by Gasteiger charge is -2.26. The molecule has 0 atom stereocenters. The Balaban J connectivity index is 1.28. The summed E-state index contributed by atoms with van der Waals surface area (Å²) >= 11 is 1.57. The highest BCUT2D eigenvalue weighted by molar-refractivity contribution is 7.21. The molecule has 1 aliphatic rings. The van der Waals surface area contributed by atoms with Gasteiger partial charge in [-0.15, -0.1) is 11.3 Å². The first-order valence-corrected chi connectivity index (χ1v) is 10.1. The Hall–Kier alpha value is -2.87. The molecule has 0 spiro atoms. The maximum Gasteiger partial charge on any atom is 0.315 e. The Bertz CT molecular complexity index is 955. The first-order valence-electron chi connectivity index (χ1n) is 9.30. The van der Waals surface area contributed by atoms with E-state index in [-0.39, 0.29) is 24.5 Å². The molecule has 0 aliphatic heterocycles. The predicted octanol–water partition coefficient (Wildman–Crippen LogP) is 4.00. The molecule has 1 saturated carbocycles. The third kappa shape index (κ3) is 4.17. The number of para-hydroxylation sites is 1. The maximum absolute atomic E-state index is 12.1. The Labute approximate surface area is 165 Å². The van der Waals surface area contributed by atoms with Crippen LogP contribution in [0.1, 0.15) is 31.4 Å². The van der Waals surface area contributed by atoms with E-state index in [0.717, 1.165) is 15.2 Å². The number of nitrogens with one attached hydrogen (secondary N) is 2. The number of carboxylic acid groups (broad SMARTS) is 1. The van der Waals surface area contributed by atoms with E-state index < -0.39 is 5.97 Å². The molecule has 2 heterocycles. The second-order valence-electron chi connectivity index (χ2n) is 6.97. The van der Waals surface area contributed by atoms with Crippen molar-refractivity contribution in [3.63, 3.8) is 0 Å². The summed E-state index contributed by atoms with van der Waals surface area (Å²) in [6.07, 6.45) is 2.58. The summed E-state index contributed by atoms with van der Waals surface area (Å²) in [5.41, 5.74) is 0.940. The third-order valence-corrected chi connectivity index (χ3v) is 6.05. The Kier molecular flexibility index (Phi) is 5.29. The maximum atomic E-state index is 12.1. The van der Waals surface area contributed by atoms with Gasteiger partial charge in [0.15, 0.2) is 10.8 Å². The largest absolute Gasteiger partial charge is 0.481 e. The summed E-state index contributed by atoms with van der Waals surface area (Å²) in [7, 11) is 0. The molecule has 2 amide bonds. The minimum atomic E-state index is -0.746. The second-order valence-corrected chi connectivity index (χ2v) is 8.00. The number of carbonyl (C=O) groups is 2. The van der Waals surface area contributed by atoms with E-state index in [2.05, 4.69) is 15.6 Å². The first kappa shape index (κ1) is 18.5. The van der Waals surface area contributed by atoms with E-state index in [4.69, 9.17) is 9.52 Å². The van der Waals surface area contributed by atoms with E-state index in [0.29, 0.717) is 37.2 Å². The van der Waals surface area contributed by atoms with Crippen molar-refractivity contribution >= 4 is 33.6 Å². The topological polar surface area (TPSA) is 104 Å². The zero-order valence-corrected chi connectivity index (χ0v) is 16.0. The molecular formula is C20H21N3O4S. The average Bonchev–Trinajstić information content (AvgIpc) is 3.33. The van der Waals surface area contributed by atoms with Gasteiger partial charge < -0.3 is 20.2 Å². The smallest absolute Gasteiger partial charge is 0.315 e. The number of nitrogens with zero attached hydrogens (tertiary/aromatic N) is 1. The number of amides is 2. The molecule has 4 rings (SSSR count). The number of carboxylic acids is 1. The van der Waals surface area contributed by atoms with Crippen LogP contribution >= 0.6 is 11.3 Å². The molecule has 0 radical (unpaired) electrons. The van der Waals surface area contributed by atoms with Crippen LogP contribution in [-0.4, -0.2) is 28.1 Å². The van der Waals surface area contributed by atoms with Crippen LogP contribution in [0.25, 0.3) is 21.0 Å². The highest BCUT2D eigenvalue weighted by Crippen LogP contribution is 2.31. The number of thiazole rings is 1. The van der Waals surface area contributed by atoms with Gasteiger partial charge in [-0.25, -0.2) is 9.78 Å². The first-order chi connectivity index (χ1) is 13.6. The van der Waals surface area contributed by atoms with Gasteiger partial charge in [-0.3, -0.25) is 4.79 Å². The van der Waals surface area contributed by atoms with Crippen molar-refractivity contribution in [3.05, 3.63) is 42.2 Å². The van der Waals surface area contributed by atoms with Crippen LogP contribution in [0.2, 0.25) is 0 Å². The summed E-state index contributed by atoms with van der Waals surface area (Å²) in [5.74, 6) is 0.305. The zero-order valence-electron chi connectivity index (χ0n) is 15.2. The molecule has 28 heavy (non-hydrogen) atoms. The number of fused-ring (bicyclic) bond motifs is 1. The quantitative estimate of drug-likeness (QED) is 0.601. The van der Waals surface area contributed by atoms with E-state index in [1.807, 2.05) is 36.4 Å². The molecule has 1 fully saturated rings. The molecule has 0 saturated heterocycles. The van der Waals surface area contributed by atoms with Gasteiger partial charge in [0.05, 0.1) is 22.7 Å². The Morgan fingerprint density at radius 3 is 2.68 bits per heavy atom. The summed E-state index contributed by atoms with van der Waals surface area (Å²) in [4.78, 5) is 27.7. The number of aromatic nitrogens is 1. The van der Waals surface area contributed by atoms with Gasteiger partial charge in [0.1, 0.15) is 5.76 Å². The molecule has 7 nitrogen and oxygen atoms in total. The third-order valence-electron chi connectivity index (χ3n) is 5.00. The normalized spacial score (nSPS) is 19.4. The van der Waals surface area contributed by atoms with Crippen LogP contribution in [-0.2, 0) is 11.3 Å². The summed E-state index contributed by atoms with van der Waals surface area (Å²) in [6.45, 7) is 0.279. The van der Waals surface area contributed by atoms with Crippen molar-refractivity contribution in [1.29, 1.82) is 0 Å². The van der Waals surface area contributed by atoms with Crippen LogP contribution < -0.4 is 10.6 Å². The molecule has 3 aromatic rings. The minimum absolute atomic E-state index is 0.0190. The van der Waals surface area contributed by atoms with E-state index in [9.17, 15) is 9.59 Å². The van der Waals surface area contributed by atoms with Gasteiger partial charge in [-0.05, 0) is 49.9 Å². The van der Waals surface area contributed by atoms with Gasteiger partial charge in [0, 0.05) is 6.04 Å². The lowest BCUT2D eigenvalue weighted by molar-refractivity contribution is -0.142. The lowest BCUT2D eigenvalue weighted by Crippen LogP contribution is -2.43. The minimum Gasteiger partial charge on any atom is -0.481 e. The summed E-state index contributed by atoms with van der Waals surface area (Å²) < 4.78 is 6.92. The molecule has 1 aromatic carbocycles. The molecule has 0 unspecified atom stereocenters. The van der Waals surface area contributed by atoms with Crippen LogP contribution in [0.4, 0.5) is 4.79 Å².